The van der Waals surface area contributed by atoms with E-state index < -0.39 is 0 Å². The zero-order valence-corrected chi connectivity index (χ0v) is 18.5. The van der Waals surface area contributed by atoms with E-state index in [9.17, 15) is 5.11 Å². The Bertz CT molecular complexity index is 1150. The van der Waals surface area contributed by atoms with Gasteiger partial charge in [-0.15, -0.1) is 11.8 Å². The summed E-state index contributed by atoms with van der Waals surface area (Å²) in [6.45, 7) is 5.59. The molecule has 0 aliphatic heterocycles. The third kappa shape index (κ3) is 5.08. The van der Waals surface area contributed by atoms with Gasteiger partial charge in [-0.2, -0.15) is 0 Å². The smallest absolute Gasteiger partial charge is 0.144 e. The second kappa shape index (κ2) is 9.53. The summed E-state index contributed by atoms with van der Waals surface area (Å²) in [7, 11) is 6.07. The van der Waals surface area contributed by atoms with Gasteiger partial charge in [0.2, 0.25) is 0 Å². The molecular weight excluding hydrogens is 399 g/mol. The van der Waals surface area contributed by atoms with Crippen molar-refractivity contribution in [2.24, 2.45) is 0 Å². The third-order valence-electron chi connectivity index (χ3n) is 5.47. The van der Waals surface area contributed by atoms with Gasteiger partial charge in [0.1, 0.15) is 26.0 Å². The van der Waals surface area contributed by atoms with Crippen molar-refractivity contribution in [3.63, 3.8) is 0 Å². The van der Waals surface area contributed by atoms with Crippen molar-refractivity contribution in [1.29, 1.82) is 0 Å². The van der Waals surface area contributed by atoms with Crippen molar-refractivity contribution in [2.75, 3.05) is 12.4 Å². The van der Waals surface area contributed by atoms with E-state index in [0.29, 0.717) is 0 Å². The van der Waals surface area contributed by atoms with Gasteiger partial charge in [-0.3, -0.25) is 0 Å². The molecule has 4 rings (SSSR count). The van der Waals surface area contributed by atoms with E-state index in [2.05, 4.69) is 61.2 Å². The summed E-state index contributed by atoms with van der Waals surface area (Å²) in [6, 6.07) is 21.1. The summed E-state index contributed by atoms with van der Waals surface area (Å²) in [6.07, 6.45) is 4.36. The first-order valence-corrected chi connectivity index (χ1v) is 11.4. The Balaban J connectivity index is 1.58. The highest BCUT2D eigenvalue weighted by Gasteiger charge is 2.17. The topological polar surface area (TPSA) is 29.5 Å². The van der Waals surface area contributed by atoms with Crippen molar-refractivity contribution in [3.8, 4) is 5.75 Å². The molecule has 0 saturated carbocycles. The van der Waals surface area contributed by atoms with Crippen LogP contribution in [0.4, 0.5) is 0 Å². The molecule has 0 aromatic heterocycles. The average Bonchev–Trinajstić information content (AvgIpc) is 2.90. The van der Waals surface area contributed by atoms with Gasteiger partial charge in [0, 0.05) is 10.6 Å². The maximum absolute atomic E-state index is 9.24. The summed E-state index contributed by atoms with van der Waals surface area (Å²) in [5, 5.41) is 9.24. The van der Waals surface area contributed by atoms with Crippen molar-refractivity contribution in [1.82, 2.24) is 0 Å². The fraction of sp³-hybridized carbons (Fsp3) is 0.185. The lowest BCUT2D eigenvalue weighted by Gasteiger charge is -2.13. The highest BCUT2D eigenvalue weighted by atomic mass is 32.2. The standard InChI is InChI=1S/C27H25BO2S/c1-18-15-23(10-12-27(18)30-17-19(2)29)31-14-13-26-24-6-4-3-5-20(24)7-8-21-16-22(28)9-11-25(21)26/h3-6,9-13,15-16,29H,2,7-8,14,17H2,1H3/b26-13+. The number of hydrogen-bond acceptors (Lipinski definition) is 3. The van der Waals surface area contributed by atoms with Crippen LogP contribution in [0, 0.1) is 6.92 Å². The zero-order chi connectivity index (χ0) is 21.8. The Morgan fingerprint density at radius 2 is 1.84 bits per heavy atom. The van der Waals surface area contributed by atoms with E-state index in [4.69, 9.17) is 12.6 Å². The van der Waals surface area contributed by atoms with Crippen molar-refractivity contribution < 1.29 is 9.84 Å². The fourth-order valence-electron chi connectivity index (χ4n) is 3.97. The van der Waals surface area contributed by atoms with Gasteiger partial charge in [0.05, 0.1) is 0 Å². The molecule has 31 heavy (non-hydrogen) atoms. The molecule has 0 fully saturated rings. The molecule has 2 nitrogen and oxygen atoms in total. The number of thioether (sulfide) groups is 1. The quantitative estimate of drug-likeness (QED) is 0.319. The summed E-state index contributed by atoms with van der Waals surface area (Å²) in [4.78, 5) is 1.18. The molecule has 0 atom stereocenters. The van der Waals surface area contributed by atoms with Crippen LogP contribution in [0.1, 0.15) is 27.8 Å². The van der Waals surface area contributed by atoms with Gasteiger partial charge < -0.3 is 9.84 Å². The van der Waals surface area contributed by atoms with E-state index in [1.54, 1.807) is 11.8 Å². The van der Waals surface area contributed by atoms with Gasteiger partial charge in [-0.1, -0.05) is 60.6 Å². The normalized spacial score (nSPS) is 13.9. The Morgan fingerprint density at radius 3 is 2.65 bits per heavy atom. The summed E-state index contributed by atoms with van der Waals surface area (Å²) >= 11 is 1.80. The number of benzene rings is 3. The third-order valence-corrected chi connectivity index (χ3v) is 6.39. The Morgan fingerprint density at radius 1 is 1.06 bits per heavy atom. The van der Waals surface area contributed by atoms with Gasteiger partial charge in [-0.25, -0.2) is 0 Å². The second-order valence-corrected chi connectivity index (χ2v) is 8.88. The number of rotatable bonds is 6. The molecule has 0 spiro atoms. The van der Waals surface area contributed by atoms with Crippen molar-refractivity contribution in [3.05, 3.63) is 107 Å². The molecular formula is C27H25BO2S. The molecule has 0 bridgehead atoms. The number of aliphatic hydroxyl groups is 1. The summed E-state index contributed by atoms with van der Waals surface area (Å²) < 4.78 is 5.57. The fourth-order valence-corrected chi connectivity index (χ4v) is 4.84. The molecule has 3 aromatic carbocycles. The van der Waals surface area contributed by atoms with Gasteiger partial charge in [0.25, 0.3) is 0 Å². The molecule has 0 saturated heterocycles. The van der Waals surface area contributed by atoms with Crippen LogP contribution >= 0.6 is 11.8 Å². The maximum atomic E-state index is 9.24. The van der Waals surface area contributed by atoms with E-state index in [1.807, 2.05) is 19.1 Å². The van der Waals surface area contributed by atoms with Crippen LogP contribution in [0.5, 0.6) is 5.75 Å². The first kappa shape index (κ1) is 21.4. The lowest BCUT2D eigenvalue weighted by atomic mass is 9.88. The highest BCUT2D eigenvalue weighted by molar-refractivity contribution is 7.99. The van der Waals surface area contributed by atoms with Crippen molar-refractivity contribution >= 4 is 30.6 Å². The molecule has 4 heteroatoms. The maximum Gasteiger partial charge on any atom is 0.144 e. The van der Waals surface area contributed by atoms with E-state index in [1.165, 1.54) is 32.7 Å². The van der Waals surface area contributed by atoms with Crippen LogP contribution in [0.2, 0.25) is 0 Å². The first-order chi connectivity index (χ1) is 15.0. The zero-order valence-electron chi connectivity index (χ0n) is 17.7. The number of ether oxygens (including phenoxy) is 1. The number of fused-ring (bicyclic) bond motifs is 2. The van der Waals surface area contributed by atoms with E-state index in [-0.39, 0.29) is 12.4 Å². The molecule has 3 aromatic rings. The van der Waals surface area contributed by atoms with Gasteiger partial charge in [-0.05, 0) is 71.4 Å². The molecule has 154 valence electrons. The number of aryl methyl sites for hydroxylation is 3. The minimum absolute atomic E-state index is 0.0233. The minimum Gasteiger partial charge on any atom is -0.509 e. The second-order valence-electron chi connectivity index (χ2n) is 7.78. The van der Waals surface area contributed by atoms with Gasteiger partial charge >= 0.3 is 0 Å². The van der Waals surface area contributed by atoms with Crippen LogP contribution in [0.15, 0.2) is 84.0 Å². The van der Waals surface area contributed by atoms with E-state index >= 15 is 0 Å². The van der Waals surface area contributed by atoms with Crippen LogP contribution in [0.25, 0.3) is 5.57 Å². The van der Waals surface area contributed by atoms with Crippen molar-refractivity contribution in [2.45, 2.75) is 24.7 Å². The Kier molecular flexibility index (Phi) is 6.57. The SMILES string of the molecule is [B]c1ccc2c(c1)CCc1ccccc1/C2=C\CSc1ccc(OCC(=C)O)c(C)c1. The predicted octanol–water partition coefficient (Wildman–Crippen LogP) is 5.56. The minimum atomic E-state index is 0.0233. The molecule has 1 aliphatic rings. The molecule has 1 N–H and O–H groups in total. The number of aliphatic hydroxyl groups excluding tert-OH is 1. The van der Waals surface area contributed by atoms with Crippen LogP contribution in [0.3, 0.4) is 0 Å². The molecule has 2 radical (unpaired) electrons. The lowest BCUT2D eigenvalue weighted by Crippen LogP contribution is -2.05. The van der Waals surface area contributed by atoms with E-state index in [0.717, 1.165) is 35.4 Å². The van der Waals surface area contributed by atoms with Crippen LogP contribution in [-0.4, -0.2) is 25.3 Å². The summed E-state index contributed by atoms with van der Waals surface area (Å²) in [5.41, 5.74) is 8.44. The monoisotopic (exact) mass is 424 g/mol. The molecule has 0 amide bonds. The molecule has 1 aliphatic carbocycles. The largest absolute Gasteiger partial charge is 0.509 e. The Labute approximate surface area is 190 Å². The van der Waals surface area contributed by atoms with Crippen LogP contribution in [-0.2, 0) is 12.8 Å². The lowest BCUT2D eigenvalue weighted by molar-refractivity contribution is 0.271. The van der Waals surface area contributed by atoms with Gasteiger partial charge in [0.15, 0.2) is 0 Å². The predicted molar refractivity (Wildman–Crippen MR) is 132 cm³/mol. The highest BCUT2D eigenvalue weighted by Crippen LogP contribution is 2.34. The first-order valence-electron chi connectivity index (χ1n) is 10.4. The summed E-state index contributed by atoms with van der Waals surface area (Å²) in [5.74, 6) is 1.65. The Hall–Kier alpha value is -2.85. The number of hydrogen-bond donors (Lipinski definition) is 1. The van der Waals surface area contributed by atoms with Crippen LogP contribution < -0.4 is 10.2 Å². The molecule has 0 heterocycles. The average molecular weight is 424 g/mol. The molecule has 0 unspecified atom stereocenters.